The van der Waals surface area contributed by atoms with E-state index < -0.39 is 28.0 Å². The zero-order valence-electron chi connectivity index (χ0n) is 35.7. The number of hydrogen-bond acceptors (Lipinski definition) is 4. The highest BCUT2D eigenvalue weighted by Crippen LogP contribution is 2.17. The molecule has 0 aromatic rings. The standard InChI is InChI=1S/C46H93NO5S/c1-3-5-7-9-11-13-15-17-19-21-23-25-27-29-31-33-35-37-39-41-45(48)44(43-53(50,51)52)47-46(49)42-40-38-36-34-32-30-28-26-24-22-20-18-16-14-12-10-8-6-4-2/h44-45,48H,3-43H2,1-2H3,(H,47,49)(H,50,51,52). The van der Waals surface area contributed by atoms with E-state index in [1.54, 1.807) is 0 Å². The molecule has 0 spiro atoms. The second-order valence-electron chi connectivity index (χ2n) is 16.8. The first-order valence-corrected chi connectivity index (χ1v) is 25.3. The van der Waals surface area contributed by atoms with Gasteiger partial charge in [-0.3, -0.25) is 9.35 Å². The molecule has 0 saturated carbocycles. The van der Waals surface area contributed by atoms with Crippen LogP contribution in [0.5, 0.6) is 0 Å². The average Bonchev–Trinajstić information content (AvgIpc) is 3.12. The minimum absolute atomic E-state index is 0.238. The van der Waals surface area contributed by atoms with Gasteiger partial charge in [-0.1, -0.05) is 251 Å². The summed E-state index contributed by atoms with van der Waals surface area (Å²) in [6.07, 6.45) is 49.2. The van der Waals surface area contributed by atoms with Gasteiger partial charge in [-0.2, -0.15) is 8.42 Å². The first kappa shape index (κ1) is 52.3. The molecule has 6 nitrogen and oxygen atoms in total. The van der Waals surface area contributed by atoms with Crippen LogP contribution in [-0.2, 0) is 14.9 Å². The van der Waals surface area contributed by atoms with E-state index in [1.807, 2.05) is 0 Å². The lowest BCUT2D eigenvalue weighted by Crippen LogP contribution is -2.47. The Kier molecular flexibility index (Phi) is 40.5. The number of hydrogen-bond donors (Lipinski definition) is 3. The van der Waals surface area contributed by atoms with E-state index in [0.717, 1.165) is 38.5 Å². The maximum atomic E-state index is 12.6. The lowest BCUT2D eigenvalue weighted by molar-refractivity contribution is -0.122. The highest BCUT2D eigenvalue weighted by Gasteiger charge is 2.26. The first-order valence-electron chi connectivity index (χ1n) is 23.7. The summed E-state index contributed by atoms with van der Waals surface area (Å²) in [7, 11) is -4.31. The number of carbonyl (C=O) groups excluding carboxylic acids is 1. The number of aliphatic hydroxyl groups is 1. The molecule has 0 saturated heterocycles. The third-order valence-electron chi connectivity index (χ3n) is 11.3. The van der Waals surface area contributed by atoms with Crippen LogP contribution in [0.4, 0.5) is 0 Å². The summed E-state index contributed by atoms with van der Waals surface area (Å²) < 4.78 is 32.7. The molecule has 0 aromatic carbocycles. The van der Waals surface area contributed by atoms with Gasteiger partial charge in [0.2, 0.25) is 5.91 Å². The van der Waals surface area contributed by atoms with Gasteiger partial charge in [-0.05, 0) is 12.8 Å². The second kappa shape index (κ2) is 41.0. The van der Waals surface area contributed by atoms with Crippen molar-refractivity contribution in [1.29, 1.82) is 0 Å². The molecule has 0 rings (SSSR count). The lowest BCUT2D eigenvalue weighted by atomic mass is 10.0. The number of nitrogens with one attached hydrogen (secondary N) is 1. The lowest BCUT2D eigenvalue weighted by Gasteiger charge is -2.23. The molecule has 2 atom stereocenters. The Morgan fingerprint density at radius 2 is 0.679 bits per heavy atom. The zero-order chi connectivity index (χ0) is 38.9. The van der Waals surface area contributed by atoms with E-state index in [9.17, 15) is 22.9 Å². The van der Waals surface area contributed by atoms with Crippen molar-refractivity contribution in [3.63, 3.8) is 0 Å². The average molecular weight is 772 g/mol. The predicted molar refractivity (Wildman–Crippen MR) is 230 cm³/mol. The van der Waals surface area contributed by atoms with Crippen LogP contribution in [0.1, 0.15) is 271 Å². The summed E-state index contributed by atoms with van der Waals surface area (Å²) in [5.74, 6) is -0.879. The Morgan fingerprint density at radius 3 is 0.943 bits per heavy atom. The van der Waals surface area contributed by atoms with Crippen LogP contribution < -0.4 is 5.32 Å². The molecule has 0 radical (unpaired) electrons. The fourth-order valence-corrected chi connectivity index (χ4v) is 8.51. The van der Waals surface area contributed by atoms with Gasteiger partial charge in [0, 0.05) is 6.42 Å². The molecule has 53 heavy (non-hydrogen) atoms. The van der Waals surface area contributed by atoms with E-state index in [2.05, 4.69) is 19.2 Å². The largest absolute Gasteiger partial charge is 0.391 e. The second-order valence-corrected chi connectivity index (χ2v) is 18.3. The Hall–Kier alpha value is -0.660. The number of carbonyl (C=O) groups is 1. The van der Waals surface area contributed by atoms with Crippen LogP contribution in [0, 0.1) is 0 Å². The van der Waals surface area contributed by atoms with Crippen molar-refractivity contribution < 1.29 is 22.9 Å². The van der Waals surface area contributed by atoms with Gasteiger partial charge in [0.05, 0.1) is 17.9 Å². The molecule has 0 aliphatic heterocycles. The monoisotopic (exact) mass is 772 g/mol. The summed E-state index contributed by atoms with van der Waals surface area (Å²) in [6.45, 7) is 4.55. The van der Waals surface area contributed by atoms with Crippen molar-refractivity contribution in [2.75, 3.05) is 5.75 Å². The van der Waals surface area contributed by atoms with E-state index in [0.29, 0.717) is 12.8 Å². The molecular formula is C46H93NO5S. The van der Waals surface area contributed by atoms with Crippen molar-refractivity contribution in [1.82, 2.24) is 5.32 Å². The van der Waals surface area contributed by atoms with Crippen LogP contribution in [-0.4, -0.2) is 41.9 Å². The highest BCUT2D eigenvalue weighted by atomic mass is 32.2. The Bertz CT molecular complexity index is 851. The van der Waals surface area contributed by atoms with Crippen LogP contribution in [0.25, 0.3) is 0 Å². The smallest absolute Gasteiger partial charge is 0.266 e. The Morgan fingerprint density at radius 1 is 0.434 bits per heavy atom. The normalized spacial score (nSPS) is 13.1. The molecule has 0 aliphatic rings. The van der Waals surface area contributed by atoms with E-state index in [-0.39, 0.29) is 5.91 Å². The van der Waals surface area contributed by atoms with Crippen LogP contribution in [0.15, 0.2) is 0 Å². The SMILES string of the molecule is CCCCCCCCCCCCCCCCCCCCCC(=O)NC(CS(=O)(=O)O)C(O)CCCCCCCCCCCCCCCCCCCCC. The van der Waals surface area contributed by atoms with E-state index >= 15 is 0 Å². The van der Waals surface area contributed by atoms with E-state index in [1.165, 1.54) is 205 Å². The van der Waals surface area contributed by atoms with Gasteiger partial charge < -0.3 is 10.4 Å². The van der Waals surface area contributed by atoms with Gasteiger partial charge in [0.1, 0.15) is 0 Å². The molecule has 0 bridgehead atoms. The summed E-state index contributed by atoms with van der Waals surface area (Å²) in [4.78, 5) is 12.6. The van der Waals surface area contributed by atoms with Crippen LogP contribution in [0.2, 0.25) is 0 Å². The quantitative estimate of drug-likeness (QED) is 0.0423. The number of amides is 1. The molecule has 0 aliphatic carbocycles. The molecule has 0 fully saturated rings. The van der Waals surface area contributed by atoms with Gasteiger partial charge in [-0.25, -0.2) is 0 Å². The van der Waals surface area contributed by atoms with E-state index in [4.69, 9.17) is 0 Å². The van der Waals surface area contributed by atoms with Crippen molar-refractivity contribution >= 4 is 16.0 Å². The van der Waals surface area contributed by atoms with Crippen molar-refractivity contribution in [3.8, 4) is 0 Å². The summed E-state index contributed by atoms with van der Waals surface area (Å²) in [5, 5.41) is 13.4. The third kappa shape index (κ3) is 42.3. The number of aliphatic hydroxyl groups excluding tert-OH is 1. The molecule has 0 heterocycles. The Balaban J connectivity index is 3.74. The summed E-state index contributed by atoms with van der Waals surface area (Å²) in [5.41, 5.74) is 0. The first-order chi connectivity index (χ1) is 25.8. The topological polar surface area (TPSA) is 104 Å². The fourth-order valence-electron chi connectivity index (χ4n) is 7.75. The van der Waals surface area contributed by atoms with Crippen LogP contribution in [0.3, 0.4) is 0 Å². The number of rotatable bonds is 44. The molecule has 2 unspecified atom stereocenters. The third-order valence-corrected chi connectivity index (χ3v) is 12.1. The minimum Gasteiger partial charge on any atom is -0.391 e. The summed E-state index contributed by atoms with van der Waals surface area (Å²) >= 11 is 0. The fraction of sp³-hybridized carbons (Fsp3) is 0.978. The zero-order valence-corrected chi connectivity index (χ0v) is 36.5. The maximum Gasteiger partial charge on any atom is 0.266 e. The number of unbranched alkanes of at least 4 members (excludes halogenated alkanes) is 36. The molecular weight excluding hydrogens is 679 g/mol. The molecule has 7 heteroatoms. The summed E-state index contributed by atoms with van der Waals surface area (Å²) in [6, 6.07) is -0.964. The minimum atomic E-state index is -4.31. The van der Waals surface area contributed by atoms with Gasteiger partial charge in [0.15, 0.2) is 0 Å². The molecule has 318 valence electrons. The molecule has 0 aromatic heterocycles. The molecule has 1 amide bonds. The van der Waals surface area contributed by atoms with Crippen molar-refractivity contribution in [2.45, 2.75) is 283 Å². The van der Waals surface area contributed by atoms with Crippen molar-refractivity contribution in [3.05, 3.63) is 0 Å². The van der Waals surface area contributed by atoms with Gasteiger partial charge >= 0.3 is 0 Å². The van der Waals surface area contributed by atoms with Crippen molar-refractivity contribution in [2.24, 2.45) is 0 Å². The van der Waals surface area contributed by atoms with Gasteiger partial charge in [0.25, 0.3) is 10.1 Å². The maximum absolute atomic E-state index is 12.6. The molecule has 3 N–H and O–H groups in total. The van der Waals surface area contributed by atoms with Gasteiger partial charge in [-0.15, -0.1) is 0 Å². The Labute approximate surface area is 331 Å². The predicted octanol–water partition coefficient (Wildman–Crippen LogP) is 14.4. The highest BCUT2D eigenvalue weighted by molar-refractivity contribution is 7.85. The van der Waals surface area contributed by atoms with Crippen LogP contribution >= 0.6 is 0 Å².